The van der Waals surface area contributed by atoms with Crippen molar-refractivity contribution in [3.05, 3.63) is 21.6 Å². The van der Waals surface area contributed by atoms with Crippen LogP contribution in [0.3, 0.4) is 0 Å². The Morgan fingerprint density at radius 2 is 1.76 bits per heavy atom. The maximum atomic E-state index is 4.81. The molecule has 114 valence electrons. The Morgan fingerprint density at radius 3 is 2.19 bits per heavy atom. The minimum atomic E-state index is -0.0772. The second-order valence-corrected chi connectivity index (χ2v) is 7.02. The predicted molar refractivity (Wildman–Crippen MR) is 89.7 cm³/mol. The first-order valence-corrected chi connectivity index (χ1v) is 7.72. The molecular formula is C15H22BrN5. The SMILES string of the molecule is CNc1nc(-c2c(C)nn(C)c2C)nc(C(C)(C)C)c1Br. The highest BCUT2D eigenvalue weighted by atomic mass is 79.9. The Kier molecular flexibility index (Phi) is 4.10. The van der Waals surface area contributed by atoms with Gasteiger partial charge in [-0.1, -0.05) is 20.8 Å². The lowest BCUT2D eigenvalue weighted by molar-refractivity contribution is 0.564. The van der Waals surface area contributed by atoms with E-state index in [1.165, 1.54) is 0 Å². The van der Waals surface area contributed by atoms with E-state index in [1.54, 1.807) is 0 Å². The normalized spacial score (nSPS) is 11.8. The first-order valence-electron chi connectivity index (χ1n) is 6.93. The van der Waals surface area contributed by atoms with Crippen LogP contribution in [-0.4, -0.2) is 26.8 Å². The number of nitrogens with one attached hydrogen (secondary N) is 1. The summed E-state index contributed by atoms with van der Waals surface area (Å²) in [6.45, 7) is 10.5. The third kappa shape index (κ3) is 2.81. The van der Waals surface area contributed by atoms with E-state index in [-0.39, 0.29) is 5.41 Å². The highest BCUT2D eigenvalue weighted by molar-refractivity contribution is 9.10. The molecule has 1 N–H and O–H groups in total. The van der Waals surface area contributed by atoms with Crippen molar-refractivity contribution in [2.45, 2.75) is 40.0 Å². The fourth-order valence-electron chi connectivity index (χ4n) is 2.32. The van der Waals surface area contributed by atoms with Gasteiger partial charge in [-0.2, -0.15) is 5.10 Å². The molecule has 6 heteroatoms. The highest BCUT2D eigenvalue weighted by Gasteiger charge is 2.25. The van der Waals surface area contributed by atoms with E-state index in [0.717, 1.165) is 38.8 Å². The number of anilines is 1. The van der Waals surface area contributed by atoms with Gasteiger partial charge in [0.1, 0.15) is 5.82 Å². The first-order chi connectivity index (χ1) is 9.66. The molecule has 0 fully saturated rings. The molecule has 2 rings (SSSR count). The molecular weight excluding hydrogens is 330 g/mol. The largest absolute Gasteiger partial charge is 0.372 e. The Labute approximate surface area is 134 Å². The number of aryl methyl sites for hydroxylation is 2. The van der Waals surface area contributed by atoms with Gasteiger partial charge < -0.3 is 5.32 Å². The van der Waals surface area contributed by atoms with Crippen molar-refractivity contribution >= 4 is 21.7 Å². The van der Waals surface area contributed by atoms with Gasteiger partial charge in [0.25, 0.3) is 0 Å². The number of aromatic nitrogens is 4. The van der Waals surface area contributed by atoms with E-state index in [4.69, 9.17) is 4.98 Å². The monoisotopic (exact) mass is 351 g/mol. The molecule has 0 aliphatic heterocycles. The molecule has 2 aromatic rings. The van der Waals surface area contributed by atoms with Gasteiger partial charge in [-0.3, -0.25) is 4.68 Å². The maximum Gasteiger partial charge on any atom is 0.165 e. The van der Waals surface area contributed by atoms with Gasteiger partial charge in [0.2, 0.25) is 0 Å². The Morgan fingerprint density at radius 1 is 1.14 bits per heavy atom. The van der Waals surface area contributed by atoms with Crippen LogP contribution in [0, 0.1) is 13.8 Å². The standard InChI is InChI=1S/C15H22BrN5/c1-8-10(9(2)21(7)20-8)13-18-12(15(3,4)5)11(16)14(17-6)19-13/h1-7H3,(H,17,18,19). The maximum absolute atomic E-state index is 4.81. The second kappa shape index (κ2) is 5.40. The molecule has 0 spiro atoms. The van der Waals surface area contributed by atoms with Gasteiger partial charge >= 0.3 is 0 Å². The van der Waals surface area contributed by atoms with Gasteiger partial charge in [-0.15, -0.1) is 0 Å². The van der Waals surface area contributed by atoms with Gasteiger partial charge in [0.15, 0.2) is 5.82 Å². The smallest absolute Gasteiger partial charge is 0.165 e. The average Bonchev–Trinajstić information content (AvgIpc) is 2.63. The summed E-state index contributed by atoms with van der Waals surface area (Å²) in [5, 5.41) is 7.60. The number of hydrogen-bond donors (Lipinski definition) is 1. The molecule has 0 radical (unpaired) electrons. The summed E-state index contributed by atoms with van der Waals surface area (Å²) in [5.41, 5.74) is 3.93. The van der Waals surface area contributed by atoms with Crippen LogP contribution < -0.4 is 5.32 Å². The number of halogens is 1. The number of hydrogen-bond acceptors (Lipinski definition) is 4. The van der Waals surface area contributed by atoms with Crippen LogP contribution in [0.15, 0.2) is 4.47 Å². The zero-order valence-corrected chi connectivity index (χ0v) is 15.3. The molecule has 0 aromatic carbocycles. The van der Waals surface area contributed by atoms with Crippen molar-refractivity contribution in [3.8, 4) is 11.4 Å². The lowest BCUT2D eigenvalue weighted by Crippen LogP contribution is -2.17. The van der Waals surface area contributed by atoms with Crippen molar-refractivity contribution < 1.29 is 0 Å². The van der Waals surface area contributed by atoms with Gasteiger partial charge in [-0.05, 0) is 29.8 Å². The van der Waals surface area contributed by atoms with Gasteiger partial charge in [-0.25, -0.2) is 9.97 Å². The Balaban J connectivity index is 2.76. The van der Waals surface area contributed by atoms with E-state index in [0.29, 0.717) is 0 Å². The van der Waals surface area contributed by atoms with E-state index in [2.05, 4.69) is 52.1 Å². The van der Waals surface area contributed by atoms with Crippen molar-refractivity contribution in [1.82, 2.24) is 19.7 Å². The molecule has 21 heavy (non-hydrogen) atoms. The second-order valence-electron chi connectivity index (χ2n) is 6.23. The average molecular weight is 352 g/mol. The van der Waals surface area contributed by atoms with Crippen LogP contribution in [0.4, 0.5) is 5.82 Å². The van der Waals surface area contributed by atoms with Crippen molar-refractivity contribution in [3.63, 3.8) is 0 Å². The van der Waals surface area contributed by atoms with Crippen LogP contribution in [0.25, 0.3) is 11.4 Å². The minimum Gasteiger partial charge on any atom is -0.372 e. The summed E-state index contributed by atoms with van der Waals surface area (Å²) >= 11 is 3.62. The summed E-state index contributed by atoms with van der Waals surface area (Å²) in [6.07, 6.45) is 0. The van der Waals surface area contributed by atoms with E-state index in [1.807, 2.05) is 32.6 Å². The van der Waals surface area contributed by atoms with E-state index in [9.17, 15) is 0 Å². The topological polar surface area (TPSA) is 55.6 Å². The molecule has 2 aromatic heterocycles. The van der Waals surface area contributed by atoms with Crippen LogP contribution >= 0.6 is 15.9 Å². The summed E-state index contributed by atoms with van der Waals surface area (Å²) in [6, 6.07) is 0. The summed E-state index contributed by atoms with van der Waals surface area (Å²) in [7, 11) is 3.81. The Bertz CT molecular complexity index is 682. The molecule has 2 heterocycles. The lowest BCUT2D eigenvalue weighted by Gasteiger charge is -2.21. The summed E-state index contributed by atoms with van der Waals surface area (Å²) in [4.78, 5) is 9.45. The molecule has 0 aliphatic rings. The van der Waals surface area contributed by atoms with Crippen molar-refractivity contribution in [1.29, 1.82) is 0 Å². The van der Waals surface area contributed by atoms with Crippen LogP contribution in [0.5, 0.6) is 0 Å². The zero-order valence-electron chi connectivity index (χ0n) is 13.7. The van der Waals surface area contributed by atoms with E-state index >= 15 is 0 Å². The van der Waals surface area contributed by atoms with Crippen LogP contribution in [0.2, 0.25) is 0 Å². The summed E-state index contributed by atoms with van der Waals surface area (Å²) in [5.74, 6) is 1.52. The van der Waals surface area contributed by atoms with Crippen LogP contribution in [-0.2, 0) is 12.5 Å². The lowest BCUT2D eigenvalue weighted by atomic mass is 9.91. The van der Waals surface area contributed by atoms with E-state index < -0.39 is 0 Å². The molecule has 0 unspecified atom stereocenters. The fraction of sp³-hybridized carbons (Fsp3) is 0.533. The molecule has 0 saturated heterocycles. The zero-order chi connectivity index (χ0) is 15.9. The third-order valence-corrected chi connectivity index (χ3v) is 4.28. The minimum absolute atomic E-state index is 0.0772. The summed E-state index contributed by atoms with van der Waals surface area (Å²) < 4.78 is 2.78. The van der Waals surface area contributed by atoms with Crippen molar-refractivity contribution in [2.75, 3.05) is 12.4 Å². The highest BCUT2D eigenvalue weighted by Crippen LogP contribution is 2.35. The number of rotatable bonds is 2. The van der Waals surface area contributed by atoms with Gasteiger partial charge in [0.05, 0.1) is 21.4 Å². The number of nitrogens with zero attached hydrogens (tertiary/aromatic N) is 4. The quantitative estimate of drug-likeness (QED) is 0.897. The molecule has 0 amide bonds. The Hall–Kier alpha value is -1.43. The van der Waals surface area contributed by atoms with Crippen molar-refractivity contribution in [2.24, 2.45) is 7.05 Å². The molecule has 0 aliphatic carbocycles. The molecule has 0 bridgehead atoms. The predicted octanol–water partition coefficient (Wildman–Crippen LogP) is 3.60. The molecule has 0 saturated carbocycles. The first kappa shape index (κ1) is 15.9. The fourth-order valence-corrected chi connectivity index (χ4v) is 3.29. The molecule has 0 atom stereocenters. The third-order valence-electron chi connectivity index (χ3n) is 3.53. The van der Waals surface area contributed by atoms with Crippen LogP contribution in [0.1, 0.15) is 37.9 Å². The van der Waals surface area contributed by atoms with Gasteiger partial charge in [0, 0.05) is 25.2 Å². The molecule has 5 nitrogen and oxygen atoms in total.